The van der Waals surface area contributed by atoms with Gasteiger partial charge in [0.25, 0.3) is 5.91 Å². The smallest absolute Gasteiger partial charge is 0.319 e. The molecule has 3 aromatic carbocycles. The highest BCUT2D eigenvalue weighted by Gasteiger charge is 2.22. The van der Waals surface area contributed by atoms with Crippen LogP contribution in [0.15, 0.2) is 78.9 Å². The molecular formula is C23H21N3O3. The largest absolute Gasteiger partial charge is 0.488 e. The number of ether oxygens (including phenoxy) is 1. The molecule has 0 fully saturated rings. The fourth-order valence-corrected chi connectivity index (χ4v) is 3.22. The lowest BCUT2D eigenvalue weighted by Crippen LogP contribution is -2.37. The molecule has 4 rings (SSSR count). The summed E-state index contributed by atoms with van der Waals surface area (Å²) < 4.78 is 5.82. The number of para-hydroxylation sites is 1. The number of hydrogen-bond donors (Lipinski definition) is 3. The molecule has 1 unspecified atom stereocenters. The zero-order valence-electron chi connectivity index (χ0n) is 15.7. The summed E-state index contributed by atoms with van der Waals surface area (Å²) in [4.78, 5) is 24.5. The van der Waals surface area contributed by atoms with Gasteiger partial charge in [-0.1, -0.05) is 42.5 Å². The Morgan fingerprint density at radius 3 is 2.38 bits per heavy atom. The first-order valence-corrected chi connectivity index (χ1v) is 9.43. The number of rotatable bonds is 5. The van der Waals surface area contributed by atoms with Crippen molar-refractivity contribution in [3.05, 3.63) is 90.0 Å². The number of carbonyl (C=O) groups is 2. The third kappa shape index (κ3) is 4.73. The van der Waals surface area contributed by atoms with Crippen molar-refractivity contribution >= 4 is 23.3 Å². The number of nitrogens with one attached hydrogen (secondary N) is 3. The van der Waals surface area contributed by atoms with E-state index < -0.39 is 0 Å². The van der Waals surface area contributed by atoms with Crippen molar-refractivity contribution in [2.24, 2.45) is 0 Å². The van der Waals surface area contributed by atoms with E-state index in [1.165, 1.54) is 0 Å². The van der Waals surface area contributed by atoms with E-state index in [0.29, 0.717) is 23.5 Å². The van der Waals surface area contributed by atoms with Crippen LogP contribution in [-0.4, -0.2) is 24.6 Å². The zero-order chi connectivity index (χ0) is 20.1. The summed E-state index contributed by atoms with van der Waals surface area (Å²) in [7, 11) is 0. The van der Waals surface area contributed by atoms with E-state index in [1.54, 1.807) is 36.4 Å². The third-order valence-corrected chi connectivity index (χ3v) is 4.62. The highest BCUT2D eigenvalue weighted by Crippen LogP contribution is 2.27. The van der Waals surface area contributed by atoms with E-state index in [-0.39, 0.29) is 18.0 Å². The molecule has 1 atom stereocenters. The number of urea groups is 1. The quantitative estimate of drug-likeness (QED) is 0.618. The summed E-state index contributed by atoms with van der Waals surface area (Å²) in [5.74, 6) is 0.673. The number of anilines is 2. The Morgan fingerprint density at radius 1 is 0.862 bits per heavy atom. The van der Waals surface area contributed by atoms with E-state index in [9.17, 15) is 9.59 Å². The number of carbonyl (C=O) groups excluding carboxylic acids is 2. The third-order valence-electron chi connectivity index (χ3n) is 4.62. The van der Waals surface area contributed by atoms with Gasteiger partial charge in [-0.3, -0.25) is 4.79 Å². The van der Waals surface area contributed by atoms with Crippen LogP contribution in [0.4, 0.5) is 16.2 Å². The molecule has 1 heterocycles. The van der Waals surface area contributed by atoms with Crippen molar-refractivity contribution in [3.63, 3.8) is 0 Å². The van der Waals surface area contributed by atoms with Crippen LogP contribution in [0.2, 0.25) is 0 Å². The molecule has 0 bridgehead atoms. The molecule has 0 radical (unpaired) electrons. The van der Waals surface area contributed by atoms with E-state index in [4.69, 9.17) is 4.74 Å². The Morgan fingerprint density at radius 2 is 1.59 bits per heavy atom. The Kier molecular flexibility index (Phi) is 5.42. The Hall–Kier alpha value is -3.80. The maximum atomic E-state index is 12.3. The van der Waals surface area contributed by atoms with Crippen LogP contribution < -0.4 is 20.7 Å². The zero-order valence-corrected chi connectivity index (χ0v) is 15.7. The molecule has 29 heavy (non-hydrogen) atoms. The summed E-state index contributed by atoms with van der Waals surface area (Å²) >= 11 is 0. The van der Waals surface area contributed by atoms with Crippen LogP contribution in [0.25, 0.3) is 0 Å². The normalized spacial score (nSPS) is 14.4. The minimum absolute atomic E-state index is 0.0744. The van der Waals surface area contributed by atoms with Gasteiger partial charge >= 0.3 is 6.03 Å². The highest BCUT2D eigenvalue weighted by molar-refractivity contribution is 6.04. The average Bonchev–Trinajstić information content (AvgIpc) is 3.16. The van der Waals surface area contributed by atoms with Gasteiger partial charge in [0, 0.05) is 23.4 Å². The molecule has 0 saturated heterocycles. The second-order valence-electron chi connectivity index (χ2n) is 6.79. The second kappa shape index (κ2) is 8.48. The van der Waals surface area contributed by atoms with Crippen molar-refractivity contribution in [2.75, 3.05) is 17.2 Å². The minimum Gasteiger partial charge on any atom is -0.488 e. The van der Waals surface area contributed by atoms with Crippen LogP contribution in [0.1, 0.15) is 15.9 Å². The number of benzene rings is 3. The van der Waals surface area contributed by atoms with Crippen molar-refractivity contribution in [3.8, 4) is 5.75 Å². The number of hydrogen-bond acceptors (Lipinski definition) is 3. The van der Waals surface area contributed by atoms with E-state index in [0.717, 1.165) is 17.7 Å². The van der Waals surface area contributed by atoms with Crippen molar-refractivity contribution in [2.45, 2.75) is 12.5 Å². The summed E-state index contributed by atoms with van der Waals surface area (Å²) in [5, 5.41) is 8.44. The van der Waals surface area contributed by atoms with E-state index in [1.807, 2.05) is 42.5 Å². The molecule has 6 nitrogen and oxygen atoms in total. The van der Waals surface area contributed by atoms with Crippen LogP contribution >= 0.6 is 0 Å². The van der Waals surface area contributed by atoms with Crippen LogP contribution in [-0.2, 0) is 6.42 Å². The molecule has 6 heteroatoms. The monoisotopic (exact) mass is 387 g/mol. The van der Waals surface area contributed by atoms with Crippen molar-refractivity contribution < 1.29 is 14.3 Å². The first-order chi connectivity index (χ1) is 14.2. The van der Waals surface area contributed by atoms with Gasteiger partial charge in [0.1, 0.15) is 11.9 Å². The van der Waals surface area contributed by atoms with Crippen LogP contribution in [0, 0.1) is 0 Å². The molecule has 0 spiro atoms. The van der Waals surface area contributed by atoms with Gasteiger partial charge in [-0.2, -0.15) is 0 Å². The average molecular weight is 387 g/mol. The fourth-order valence-electron chi connectivity index (χ4n) is 3.22. The predicted molar refractivity (Wildman–Crippen MR) is 112 cm³/mol. The number of fused-ring (bicyclic) bond motifs is 1. The molecule has 0 aliphatic carbocycles. The lowest BCUT2D eigenvalue weighted by Gasteiger charge is -2.13. The van der Waals surface area contributed by atoms with Crippen LogP contribution in [0.3, 0.4) is 0 Å². The lowest BCUT2D eigenvalue weighted by atomic mass is 10.1. The topological polar surface area (TPSA) is 79.5 Å². The number of amides is 3. The van der Waals surface area contributed by atoms with Gasteiger partial charge in [0.05, 0.1) is 6.54 Å². The predicted octanol–water partition coefficient (Wildman–Crippen LogP) is 4.06. The lowest BCUT2D eigenvalue weighted by molar-refractivity contribution is 0.102. The molecule has 3 N–H and O–H groups in total. The SMILES string of the molecule is O=C(NCC1Cc2ccccc2O1)Nc1cccc(NC(=O)c2ccccc2)c1. The second-order valence-corrected chi connectivity index (χ2v) is 6.79. The van der Waals surface area contributed by atoms with Gasteiger partial charge in [0.15, 0.2) is 0 Å². The molecule has 3 aromatic rings. The molecule has 1 aliphatic heterocycles. The Bertz CT molecular complexity index is 996. The molecule has 3 amide bonds. The van der Waals surface area contributed by atoms with Gasteiger partial charge in [-0.25, -0.2) is 4.79 Å². The first kappa shape index (κ1) is 18.6. The van der Waals surface area contributed by atoms with E-state index >= 15 is 0 Å². The van der Waals surface area contributed by atoms with Gasteiger partial charge in [-0.05, 0) is 42.0 Å². The first-order valence-electron chi connectivity index (χ1n) is 9.43. The summed E-state index contributed by atoms with van der Waals surface area (Å²) in [5.41, 5.74) is 2.91. The van der Waals surface area contributed by atoms with Gasteiger partial charge < -0.3 is 20.7 Å². The highest BCUT2D eigenvalue weighted by atomic mass is 16.5. The Balaban J connectivity index is 1.29. The molecular weight excluding hydrogens is 366 g/mol. The molecule has 0 saturated carbocycles. The van der Waals surface area contributed by atoms with Crippen molar-refractivity contribution in [1.82, 2.24) is 5.32 Å². The van der Waals surface area contributed by atoms with E-state index in [2.05, 4.69) is 16.0 Å². The maximum absolute atomic E-state index is 12.3. The van der Waals surface area contributed by atoms with Gasteiger partial charge in [0.2, 0.25) is 0 Å². The summed E-state index contributed by atoms with van der Waals surface area (Å²) in [6, 6.07) is 23.5. The Labute approximate surface area is 168 Å². The summed E-state index contributed by atoms with van der Waals surface area (Å²) in [6.45, 7) is 0.408. The fraction of sp³-hybridized carbons (Fsp3) is 0.130. The van der Waals surface area contributed by atoms with Gasteiger partial charge in [-0.15, -0.1) is 0 Å². The molecule has 1 aliphatic rings. The maximum Gasteiger partial charge on any atom is 0.319 e. The van der Waals surface area contributed by atoms with Crippen LogP contribution in [0.5, 0.6) is 5.75 Å². The van der Waals surface area contributed by atoms with Crippen molar-refractivity contribution in [1.29, 1.82) is 0 Å². The standard InChI is InChI=1S/C23H21N3O3/c27-22(16-7-2-1-3-8-16)25-18-10-6-11-19(14-18)26-23(28)24-15-20-13-17-9-4-5-12-21(17)29-20/h1-12,14,20H,13,15H2,(H,25,27)(H2,24,26,28). The minimum atomic E-state index is -0.323. The molecule has 0 aromatic heterocycles. The molecule has 146 valence electrons. The summed E-state index contributed by atoms with van der Waals surface area (Å²) in [6.07, 6.45) is 0.701.